The highest BCUT2D eigenvalue weighted by Crippen LogP contribution is 2.29. The number of fused-ring (bicyclic) bond motifs is 1. The van der Waals surface area contributed by atoms with Crippen molar-refractivity contribution in [2.75, 3.05) is 13.7 Å². The van der Waals surface area contributed by atoms with Gasteiger partial charge in [0.25, 0.3) is 5.91 Å². The van der Waals surface area contributed by atoms with Gasteiger partial charge in [-0.3, -0.25) is 9.59 Å². The molecule has 0 radical (unpaired) electrons. The molecule has 0 bridgehead atoms. The van der Waals surface area contributed by atoms with Gasteiger partial charge >= 0.3 is 6.61 Å². The minimum atomic E-state index is -3.01. The van der Waals surface area contributed by atoms with Crippen LogP contribution in [-0.2, 0) is 4.79 Å². The summed E-state index contributed by atoms with van der Waals surface area (Å²) in [5.74, 6) is -1.11. The van der Waals surface area contributed by atoms with E-state index in [0.29, 0.717) is 0 Å². The van der Waals surface area contributed by atoms with Gasteiger partial charge in [-0.05, 0) is 41.5 Å². The van der Waals surface area contributed by atoms with Crippen molar-refractivity contribution >= 4 is 22.6 Å². The third-order valence-corrected chi connectivity index (χ3v) is 4.72. The molecule has 2 amide bonds. The Hall–Kier alpha value is -3.68. The molecule has 0 aromatic heterocycles. The van der Waals surface area contributed by atoms with Gasteiger partial charge in [-0.25, -0.2) is 0 Å². The van der Waals surface area contributed by atoms with Crippen LogP contribution in [0.2, 0.25) is 0 Å². The van der Waals surface area contributed by atoms with Crippen LogP contribution in [0.15, 0.2) is 60.7 Å². The lowest BCUT2D eigenvalue weighted by atomic mass is 10.00. The monoisotopic (exact) mass is 428 g/mol. The van der Waals surface area contributed by atoms with E-state index in [9.17, 15) is 18.4 Å². The van der Waals surface area contributed by atoms with Gasteiger partial charge in [0.1, 0.15) is 0 Å². The fourth-order valence-corrected chi connectivity index (χ4v) is 3.26. The zero-order valence-corrected chi connectivity index (χ0v) is 17.0. The Balaban J connectivity index is 1.61. The minimum Gasteiger partial charge on any atom is -0.493 e. The van der Waals surface area contributed by atoms with E-state index in [0.717, 1.165) is 16.3 Å². The molecule has 3 aromatic rings. The SMILES string of the molecule is COc1cc(C(=O)NCC(=O)NC(C)c2cccc3ccccc23)ccc1OC(F)F. The van der Waals surface area contributed by atoms with Crippen molar-refractivity contribution in [1.29, 1.82) is 0 Å². The van der Waals surface area contributed by atoms with E-state index in [-0.39, 0.29) is 35.6 Å². The average Bonchev–Trinajstić information content (AvgIpc) is 2.76. The van der Waals surface area contributed by atoms with Gasteiger partial charge in [0.2, 0.25) is 5.91 Å². The average molecular weight is 428 g/mol. The lowest BCUT2D eigenvalue weighted by molar-refractivity contribution is -0.120. The molecule has 3 aromatic carbocycles. The van der Waals surface area contributed by atoms with E-state index >= 15 is 0 Å². The fourth-order valence-electron chi connectivity index (χ4n) is 3.26. The van der Waals surface area contributed by atoms with E-state index < -0.39 is 12.5 Å². The normalized spacial score (nSPS) is 11.8. The van der Waals surface area contributed by atoms with Crippen LogP contribution in [0.25, 0.3) is 10.8 Å². The first-order chi connectivity index (χ1) is 14.9. The highest BCUT2D eigenvalue weighted by molar-refractivity contribution is 5.97. The summed E-state index contributed by atoms with van der Waals surface area (Å²) in [7, 11) is 1.28. The second-order valence-electron chi connectivity index (χ2n) is 6.78. The Morgan fingerprint density at radius 2 is 1.74 bits per heavy atom. The minimum absolute atomic E-state index is 0.0121. The summed E-state index contributed by atoms with van der Waals surface area (Å²) < 4.78 is 34.1. The molecule has 6 nitrogen and oxygen atoms in total. The number of methoxy groups -OCH3 is 1. The summed E-state index contributed by atoms with van der Waals surface area (Å²) >= 11 is 0. The van der Waals surface area contributed by atoms with Crippen LogP contribution in [0.4, 0.5) is 8.78 Å². The number of ether oxygens (including phenoxy) is 2. The Labute approximate surface area is 178 Å². The summed E-state index contributed by atoms with van der Waals surface area (Å²) in [6, 6.07) is 17.3. The zero-order chi connectivity index (χ0) is 22.4. The highest BCUT2D eigenvalue weighted by Gasteiger charge is 2.16. The van der Waals surface area contributed by atoms with Crippen molar-refractivity contribution in [2.45, 2.75) is 19.6 Å². The topological polar surface area (TPSA) is 76.7 Å². The largest absolute Gasteiger partial charge is 0.493 e. The number of hydrogen-bond acceptors (Lipinski definition) is 4. The molecule has 0 saturated carbocycles. The summed E-state index contributed by atoms with van der Waals surface area (Å²) in [6.07, 6.45) is 0. The van der Waals surface area contributed by atoms with Crippen LogP contribution in [0.1, 0.15) is 28.9 Å². The van der Waals surface area contributed by atoms with Crippen molar-refractivity contribution in [1.82, 2.24) is 10.6 Å². The predicted molar refractivity (Wildman–Crippen MR) is 112 cm³/mol. The van der Waals surface area contributed by atoms with Crippen LogP contribution in [-0.4, -0.2) is 32.1 Å². The number of alkyl halides is 2. The van der Waals surface area contributed by atoms with Crippen LogP contribution in [0, 0.1) is 0 Å². The first kappa shape index (κ1) is 22.0. The molecule has 8 heteroatoms. The zero-order valence-electron chi connectivity index (χ0n) is 17.0. The second-order valence-corrected chi connectivity index (χ2v) is 6.78. The maximum Gasteiger partial charge on any atom is 0.387 e. The number of rotatable bonds is 8. The molecular formula is C23H22F2N2O4. The molecule has 2 N–H and O–H groups in total. The summed E-state index contributed by atoms with van der Waals surface area (Å²) in [6.45, 7) is -1.39. The quantitative estimate of drug-likeness (QED) is 0.567. The van der Waals surface area contributed by atoms with Crippen molar-refractivity contribution in [3.05, 3.63) is 71.8 Å². The molecule has 0 aliphatic heterocycles. The van der Waals surface area contributed by atoms with Crippen molar-refractivity contribution in [2.24, 2.45) is 0 Å². The number of amides is 2. The lowest BCUT2D eigenvalue weighted by Gasteiger charge is -2.17. The van der Waals surface area contributed by atoms with Gasteiger partial charge in [-0.1, -0.05) is 42.5 Å². The maximum absolute atomic E-state index is 12.4. The molecule has 0 aliphatic rings. The van der Waals surface area contributed by atoms with Crippen molar-refractivity contribution in [3.63, 3.8) is 0 Å². The van der Waals surface area contributed by atoms with Gasteiger partial charge < -0.3 is 20.1 Å². The number of carbonyl (C=O) groups excluding carboxylic acids is 2. The van der Waals surface area contributed by atoms with Gasteiger partial charge in [-0.15, -0.1) is 0 Å². The number of benzene rings is 3. The predicted octanol–water partition coefficient (Wildman–Crippen LogP) is 4.06. The van der Waals surface area contributed by atoms with Gasteiger partial charge in [0, 0.05) is 5.56 Å². The van der Waals surface area contributed by atoms with Crippen LogP contribution >= 0.6 is 0 Å². The first-order valence-electron chi connectivity index (χ1n) is 9.57. The molecule has 0 heterocycles. The fraction of sp³-hybridized carbons (Fsp3) is 0.217. The Morgan fingerprint density at radius 1 is 1.00 bits per heavy atom. The molecule has 1 unspecified atom stereocenters. The van der Waals surface area contributed by atoms with Crippen molar-refractivity contribution in [3.8, 4) is 11.5 Å². The molecule has 162 valence electrons. The molecule has 31 heavy (non-hydrogen) atoms. The maximum atomic E-state index is 12.4. The lowest BCUT2D eigenvalue weighted by Crippen LogP contribution is -2.38. The van der Waals surface area contributed by atoms with E-state index in [4.69, 9.17) is 4.74 Å². The molecule has 3 rings (SSSR count). The van der Waals surface area contributed by atoms with Gasteiger partial charge in [0.15, 0.2) is 11.5 Å². The van der Waals surface area contributed by atoms with Crippen LogP contribution in [0.3, 0.4) is 0 Å². The first-order valence-corrected chi connectivity index (χ1v) is 9.57. The third kappa shape index (κ3) is 5.48. The molecule has 1 atom stereocenters. The Bertz CT molecular complexity index is 1080. The molecule has 0 saturated heterocycles. The highest BCUT2D eigenvalue weighted by atomic mass is 19.3. The van der Waals surface area contributed by atoms with Crippen LogP contribution in [0.5, 0.6) is 11.5 Å². The van der Waals surface area contributed by atoms with Crippen molar-refractivity contribution < 1.29 is 27.8 Å². The van der Waals surface area contributed by atoms with Crippen LogP contribution < -0.4 is 20.1 Å². The smallest absolute Gasteiger partial charge is 0.387 e. The standard InChI is InChI=1S/C23H22F2N2O4/c1-14(17-9-5-7-15-6-3-4-8-18(15)17)27-21(28)13-26-22(29)16-10-11-19(31-23(24)25)20(12-16)30-2/h3-12,14,23H,13H2,1-2H3,(H,26,29)(H,27,28). The number of halogens is 2. The number of nitrogens with one attached hydrogen (secondary N) is 2. The molecular weight excluding hydrogens is 406 g/mol. The number of carbonyl (C=O) groups is 2. The van der Waals surface area contributed by atoms with E-state index in [2.05, 4.69) is 15.4 Å². The summed E-state index contributed by atoms with van der Waals surface area (Å²) in [4.78, 5) is 24.7. The van der Waals surface area contributed by atoms with E-state index in [1.807, 2.05) is 49.4 Å². The molecule has 0 aliphatic carbocycles. The second kappa shape index (κ2) is 9.88. The Morgan fingerprint density at radius 3 is 2.48 bits per heavy atom. The number of hydrogen-bond donors (Lipinski definition) is 2. The van der Waals surface area contributed by atoms with Gasteiger partial charge in [-0.2, -0.15) is 8.78 Å². The Kier molecular flexibility index (Phi) is 7.02. The van der Waals surface area contributed by atoms with E-state index in [1.54, 1.807) is 0 Å². The van der Waals surface area contributed by atoms with E-state index in [1.165, 1.54) is 25.3 Å². The third-order valence-electron chi connectivity index (χ3n) is 4.72. The summed E-state index contributed by atoms with van der Waals surface area (Å²) in [5, 5.41) is 7.49. The summed E-state index contributed by atoms with van der Waals surface area (Å²) in [5.41, 5.74) is 1.12. The molecule has 0 spiro atoms. The van der Waals surface area contributed by atoms with Gasteiger partial charge in [0.05, 0.1) is 19.7 Å². The molecule has 0 fully saturated rings.